The van der Waals surface area contributed by atoms with E-state index in [-0.39, 0.29) is 36.0 Å². The number of alkyl carbamates (subject to hydrolysis) is 2. The third kappa shape index (κ3) is 6.36. The average molecular weight is 747 g/mol. The van der Waals surface area contributed by atoms with Crippen molar-refractivity contribution in [3.63, 3.8) is 0 Å². The standard InChI is InChI=1S/C40H42N8O7/c1-19(41-39(51)53-3)37(49)47-31-14-23(31)16-33(47)35-43-27-10-8-22(13-29(27)45-35)21-6-5-7-25(12-21)55-26-9-11-28-30(18-26)46-36(44-28)34-17-24-15-32(24)48(34)38(50)20(2)42-40(52)54-4/h5-13,18-20,23-24,31-34H,14-17H2,1-4H3,(H,41,51)(H,42,52)(H,43,45)(H,44,46)/t19-,20-,23+,24+,31+,32+,33-,34-/m0/s1. The van der Waals surface area contributed by atoms with Crippen molar-refractivity contribution in [2.75, 3.05) is 14.2 Å². The van der Waals surface area contributed by atoms with Gasteiger partial charge >= 0.3 is 12.2 Å². The number of ether oxygens (including phenoxy) is 3. The third-order valence-corrected chi connectivity index (χ3v) is 11.5. The van der Waals surface area contributed by atoms with E-state index in [2.05, 4.69) is 31.4 Å². The number of carbonyl (C=O) groups excluding carboxylic acids is 4. The summed E-state index contributed by atoms with van der Waals surface area (Å²) < 4.78 is 15.7. The maximum Gasteiger partial charge on any atom is 0.407 e. The Morgan fingerprint density at radius 2 is 1.18 bits per heavy atom. The maximum absolute atomic E-state index is 13.4. The molecule has 2 aliphatic carbocycles. The molecule has 8 atom stereocenters. The number of carbonyl (C=O) groups is 4. The lowest BCUT2D eigenvalue weighted by Crippen LogP contribution is -2.47. The lowest BCUT2D eigenvalue weighted by Gasteiger charge is -2.29. The van der Waals surface area contributed by atoms with Crippen molar-refractivity contribution < 1.29 is 33.4 Å². The Bertz CT molecular complexity index is 2360. The molecular weight excluding hydrogens is 704 g/mol. The lowest BCUT2D eigenvalue weighted by atomic mass is 10.0. The predicted molar refractivity (Wildman–Crippen MR) is 200 cm³/mol. The molecule has 15 heteroatoms. The van der Waals surface area contributed by atoms with Crippen LogP contribution in [-0.2, 0) is 19.1 Å². The molecule has 4 N–H and O–H groups in total. The Morgan fingerprint density at radius 3 is 1.75 bits per heavy atom. The summed E-state index contributed by atoms with van der Waals surface area (Å²) in [6.07, 6.45) is 2.30. The fourth-order valence-electron chi connectivity index (χ4n) is 8.55. The van der Waals surface area contributed by atoms with Crippen LogP contribution in [0.4, 0.5) is 9.59 Å². The molecule has 5 aromatic rings. The smallest absolute Gasteiger partial charge is 0.407 e. The van der Waals surface area contributed by atoms with Gasteiger partial charge in [-0.15, -0.1) is 0 Å². The first-order valence-electron chi connectivity index (χ1n) is 18.7. The van der Waals surface area contributed by atoms with Gasteiger partial charge in [0.2, 0.25) is 11.8 Å². The van der Waals surface area contributed by atoms with E-state index >= 15 is 0 Å². The van der Waals surface area contributed by atoms with Crippen LogP contribution >= 0.6 is 0 Å². The second-order valence-corrected chi connectivity index (χ2v) is 15.1. The summed E-state index contributed by atoms with van der Waals surface area (Å²) in [5.74, 6) is 3.32. The van der Waals surface area contributed by atoms with Gasteiger partial charge in [0, 0.05) is 18.2 Å². The van der Waals surface area contributed by atoms with Crippen LogP contribution in [0.15, 0.2) is 60.7 Å². The van der Waals surface area contributed by atoms with Gasteiger partial charge in [0.15, 0.2) is 0 Å². The quantitative estimate of drug-likeness (QED) is 0.147. The second kappa shape index (κ2) is 13.3. The van der Waals surface area contributed by atoms with E-state index in [9.17, 15) is 19.2 Å². The molecule has 0 unspecified atom stereocenters. The Kier molecular flexibility index (Phi) is 8.39. The number of aromatic amines is 2. The van der Waals surface area contributed by atoms with Gasteiger partial charge in [-0.05, 0) is 98.9 Å². The molecule has 0 bridgehead atoms. The van der Waals surface area contributed by atoms with Crippen LogP contribution in [0.5, 0.6) is 11.5 Å². The van der Waals surface area contributed by atoms with E-state index in [4.69, 9.17) is 19.4 Å². The first kappa shape index (κ1) is 34.6. The van der Waals surface area contributed by atoms with Crippen LogP contribution in [0.25, 0.3) is 33.2 Å². The molecule has 9 rings (SSSR count). The molecule has 4 fully saturated rings. The highest BCUT2D eigenvalue weighted by Gasteiger charge is 2.57. The number of likely N-dealkylation sites (tertiary alicyclic amines) is 2. The molecule has 15 nitrogen and oxygen atoms in total. The number of fused-ring (bicyclic) bond motifs is 4. The van der Waals surface area contributed by atoms with Crippen LogP contribution in [0, 0.1) is 11.8 Å². The summed E-state index contributed by atoms with van der Waals surface area (Å²) in [5.41, 5.74) is 5.18. The molecule has 4 heterocycles. The highest BCUT2D eigenvalue weighted by Crippen LogP contribution is 2.54. The Labute approximate surface area is 316 Å². The summed E-state index contributed by atoms with van der Waals surface area (Å²) in [5, 5.41) is 5.20. The average Bonchev–Trinajstić information content (AvgIpc) is 3.85. The molecule has 2 saturated carbocycles. The van der Waals surface area contributed by atoms with E-state index in [0.29, 0.717) is 29.2 Å². The topological polar surface area (TPSA) is 184 Å². The SMILES string of the molecule is COC(=O)N[C@@H](C)C(=O)N1[C@@H]2C[C@@H]2C[C@H]1c1nc2ccc(Oc3cccc(-c4ccc5nc([C@@H]6C[C@H]7C[C@H]7N6C(=O)[C@H](C)NC(=O)OC)[nH]c5c4)c3)cc2[nH]1. The fraction of sp³-hybridized carbons (Fsp3) is 0.400. The highest BCUT2D eigenvalue weighted by atomic mass is 16.5. The zero-order valence-corrected chi connectivity index (χ0v) is 30.9. The maximum atomic E-state index is 13.4. The first-order valence-corrected chi connectivity index (χ1v) is 18.7. The van der Waals surface area contributed by atoms with Crippen LogP contribution in [0.2, 0.25) is 0 Å². The van der Waals surface area contributed by atoms with Gasteiger partial charge < -0.3 is 44.6 Å². The minimum absolute atomic E-state index is 0.143. The van der Waals surface area contributed by atoms with Crippen molar-refractivity contribution in [3.05, 3.63) is 72.3 Å². The number of imidazole rings is 2. The normalized spacial score (nSPS) is 24.5. The summed E-state index contributed by atoms with van der Waals surface area (Å²) in [6.45, 7) is 3.34. The number of nitrogens with zero attached hydrogens (tertiary/aromatic N) is 4. The number of piperidine rings is 2. The van der Waals surface area contributed by atoms with Gasteiger partial charge in [-0.1, -0.05) is 18.2 Å². The molecule has 4 aliphatic rings. The summed E-state index contributed by atoms with van der Waals surface area (Å²) in [7, 11) is 2.56. The van der Waals surface area contributed by atoms with Gasteiger partial charge in [0.25, 0.3) is 0 Å². The summed E-state index contributed by atoms with van der Waals surface area (Å²) >= 11 is 0. The third-order valence-electron chi connectivity index (χ3n) is 11.5. The van der Waals surface area contributed by atoms with Gasteiger partial charge in [-0.2, -0.15) is 0 Å². The van der Waals surface area contributed by atoms with Crippen molar-refractivity contribution >= 4 is 46.1 Å². The molecule has 2 saturated heterocycles. The van der Waals surface area contributed by atoms with Crippen molar-refractivity contribution in [1.82, 2.24) is 40.4 Å². The van der Waals surface area contributed by atoms with Crippen LogP contribution < -0.4 is 15.4 Å². The Hall–Kier alpha value is -6.12. The second-order valence-electron chi connectivity index (χ2n) is 15.1. The number of benzene rings is 3. The summed E-state index contributed by atoms with van der Waals surface area (Å²) in [4.78, 5) is 70.8. The van der Waals surface area contributed by atoms with Gasteiger partial charge in [0.05, 0.1) is 48.4 Å². The predicted octanol–water partition coefficient (Wildman–Crippen LogP) is 5.71. The van der Waals surface area contributed by atoms with Crippen molar-refractivity contribution in [2.45, 2.75) is 75.8 Å². The number of hydrogen-bond acceptors (Lipinski definition) is 9. The van der Waals surface area contributed by atoms with E-state index in [0.717, 1.165) is 64.7 Å². The number of rotatable bonds is 9. The number of nitrogens with one attached hydrogen (secondary N) is 4. The molecule has 55 heavy (non-hydrogen) atoms. The minimum atomic E-state index is -0.716. The number of H-pyrrole nitrogens is 2. The van der Waals surface area contributed by atoms with Gasteiger partial charge in [-0.3, -0.25) is 9.59 Å². The van der Waals surface area contributed by atoms with Gasteiger partial charge in [0.1, 0.15) is 35.2 Å². The number of amides is 4. The molecule has 2 aliphatic heterocycles. The first-order chi connectivity index (χ1) is 26.6. The zero-order chi connectivity index (χ0) is 38.1. The van der Waals surface area contributed by atoms with Crippen LogP contribution in [0.1, 0.15) is 63.3 Å². The van der Waals surface area contributed by atoms with Crippen molar-refractivity contribution in [3.8, 4) is 22.6 Å². The van der Waals surface area contributed by atoms with E-state index in [1.54, 1.807) is 13.8 Å². The highest BCUT2D eigenvalue weighted by molar-refractivity contribution is 5.88. The Morgan fingerprint density at radius 1 is 0.673 bits per heavy atom. The number of aromatic nitrogens is 4. The van der Waals surface area contributed by atoms with Crippen LogP contribution in [-0.4, -0.2) is 92.1 Å². The number of hydrogen-bond donors (Lipinski definition) is 4. The zero-order valence-electron chi connectivity index (χ0n) is 30.9. The molecule has 3 aromatic carbocycles. The number of methoxy groups -OCH3 is 2. The van der Waals surface area contributed by atoms with Crippen molar-refractivity contribution in [2.24, 2.45) is 11.8 Å². The van der Waals surface area contributed by atoms with Crippen molar-refractivity contribution in [1.29, 1.82) is 0 Å². The van der Waals surface area contributed by atoms with E-state index in [1.165, 1.54) is 14.2 Å². The van der Waals surface area contributed by atoms with E-state index in [1.807, 2.05) is 64.4 Å². The van der Waals surface area contributed by atoms with Gasteiger partial charge in [-0.25, -0.2) is 19.6 Å². The summed E-state index contributed by atoms with van der Waals surface area (Å²) in [6, 6.07) is 18.1. The largest absolute Gasteiger partial charge is 0.457 e. The fourth-order valence-corrected chi connectivity index (χ4v) is 8.55. The molecule has 284 valence electrons. The molecule has 2 aromatic heterocycles. The van der Waals surface area contributed by atoms with Crippen LogP contribution in [0.3, 0.4) is 0 Å². The monoisotopic (exact) mass is 746 g/mol. The molecule has 4 amide bonds. The van der Waals surface area contributed by atoms with E-state index < -0.39 is 24.3 Å². The molecule has 0 radical (unpaired) electrons. The minimum Gasteiger partial charge on any atom is -0.457 e. The lowest BCUT2D eigenvalue weighted by molar-refractivity contribution is -0.135. The molecule has 0 spiro atoms. The molecular formula is C40H42N8O7. The Balaban J connectivity index is 0.905.